The lowest BCUT2D eigenvalue weighted by molar-refractivity contribution is 0.266. The third-order valence-electron chi connectivity index (χ3n) is 3.18. The first-order valence-corrected chi connectivity index (χ1v) is 6.21. The molecule has 0 amide bonds. The molecule has 0 radical (unpaired) electrons. The summed E-state index contributed by atoms with van der Waals surface area (Å²) < 4.78 is 0. The monoisotopic (exact) mass is 213 g/mol. The SMILES string of the molecule is CC(C)NCCCN1CCC(N(C)C)C1. The Morgan fingerprint density at radius 2 is 2.13 bits per heavy atom. The summed E-state index contributed by atoms with van der Waals surface area (Å²) in [7, 11) is 4.38. The molecular weight excluding hydrogens is 186 g/mol. The van der Waals surface area contributed by atoms with Gasteiger partial charge in [0, 0.05) is 18.6 Å². The Morgan fingerprint density at radius 3 is 2.67 bits per heavy atom. The van der Waals surface area contributed by atoms with Crippen molar-refractivity contribution in [3.63, 3.8) is 0 Å². The molecule has 0 spiro atoms. The van der Waals surface area contributed by atoms with Gasteiger partial charge in [0.2, 0.25) is 0 Å². The van der Waals surface area contributed by atoms with E-state index in [1.807, 2.05) is 0 Å². The molecule has 0 aromatic carbocycles. The molecule has 0 aromatic heterocycles. The summed E-state index contributed by atoms with van der Waals surface area (Å²) in [6, 6.07) is 1.40. The maximum absolute atomic E-state index is 3.47. The molecule has 15 heavy (non-hydrogen) atoms. The number of nitrogens with one attached hydrogen (secondary N) is 1. The summed E-state index contributed by atoms with van der Waals surface area (Å²) in [6.07, 6.45) is 2.61. The smallest absolute Gasteiger partial charge is 0.0229 e. The Morgan fingerprint density at radius 1 is 1.40 bits per heavy atom. The third kappa shape index (κ3) is 4.96. The van der Waals surface area contributed by atoms with Gasteiger partial charge in [0.25, 0.3) is 0 Å². The van der Waals surface area contributed by atoms with Crippen LogP contribution in [0.2, 0.25) is 0 Å². The van der Waals surface area contributed by atoms with Crippen LogP contribution in [-0.2, 0) is 0 Å². The number of likely N-dealkylation sites (tertiary alicyclic amines) is 1. The molecule has 90 valence electrons. The van der Waals surface area contributed by atoms with E-state index in [2.05, 4.69) is 43.1 Å². The van der Waals surface area contributed by atoms with Crippen molar-refractivity contribution in [2.24, 2.45) is 0 Å². The molecule has 1 atom stereocenters. The Bertz CT molecular complexity index is 168. The summed E-state index contributed by atoms with van der Waals surface area (Å²) in [5.41, 5.74) is 0. The van der Waals surface area contributed by atoms with Gasteiger partial charge in [-0.05, 0) is 46.6 Å². The van der Waals surface area contributed by atoms with Gasteiger partial charge in [-0.25, -0.2) is 0 Å². The first-order valence-electron chi connectivity index (χ1n) is 6.21. The maximum atomic E-state index is 3.47. The van der Waals surface area contributed by atoms with E-state index in [9.17, 15) is 0 Å². The van der Waals surface area contributed by atoms with E-state index in [-0.39, 0.29) is 0 Å². The molecule has 1 rings (SSSR count). The number of likely N-dealkylation sites (N-methyl/N-ethyl adjacent to an activating group) is 1. The van der Waals surface area contributed by atoms with Crippen molar-refractivity contribution < 1.29 is 0 Å². The van der Waals surface area contributed by atoms with Crippen molar-refractivity contribution in [1.29, 1.82) is 0 Å². The highest BCUT2D eigenvalue weighted by Crippen LogP contribution is 2.12. The van der Waals surface area contributed by atoms with E-state index in [1.165, 1.54) is 32.5 Å². The first kappa shape index (κ1) is 12.9. The molecule has 0 aromatic rings. The van der Waals surface area contributed by atoms with Gasteiger partial charge < -0.3 is 15.1 Å². The van der Waals surface area contributed by atoms with Gasteiger partial charge in [0.05, 0.1) is 0 Å². The summed E-state index contributed by atoms with van der Waals surface area (Å²) in [4.78, 5) is 4.94. The molecule has 0 bridgehead atoms. The minimum atomic E-state index is 0.623. The molecule has 1 fully saturated rings. The molecular formula is C12H27N3. The Labute approximate surface area is 94.8 Å². The van der Waals surface area contributed by atoms with Crippen molar-refractivity contribution in [2.45, 2.75) is 38.8 Å². The lowest BCUT2D eigenvalue weighted by Gasteiger charge is -2.20. The van der Waals surface area contributed by atoms with Crippen LogP contribution in [0.1, 0.15) is 26.7 Å². The predicted molar refractivity (Wildman–Crippen MR) is 66.3 cm³/mol. The van der Waals surface area contributed by atoms with E-state index in [1.54, 1.807) is 0 Å². The van der Waals surface area contributed by atoms with Gasteiger partial charge in [-0.1, -0.05) is 13.8 Å². The normalized spacial score (nSPS) is 23.2. The summed E-state index contributed by atoms with van der Waals surface area (Å²) in [5.74, 6) is 0. The van der Waals surface area contributed by atoms with Gasteiger partial charge in [-0.15, -0.1) is 0 Å². The third-order valence-corrected chi connectivity index (χ3v) is 3.18. The fourth-order valence-corrected chi connectivity index (χ4v) is 2.13. The van der Waals surface area contributed by atoms with E-state index >= 15 is 0 Å². The van der Waals surface area contributed by atoms with Gasteiger partial charge in [0.1, 0.15) is 0 Å². The minimum absolute atomic E-state index is 0.623. The summed E-state index contributed by atoms with van der Waals surface area (Å²) in [5, 5.41) is 3.47. The zero-order valence-corrected chi connectivity index (χ0v) is 10.8. The molecule has 1 aliphatic rings. The fraction of sp³-hybridized carbons (Fsp3) is 1.00. The highest BCUT2D eigenvalue weighted by atomic mass is 15.2. The van der Waals surface area contributed by atoms with Crippen LogP contribution in [0, 0.1) is 0 Å². The maximum Gasteiger partial charge on any atom is 0.0229 e. The van der Waals surface area contributed by atoms with Crippen LogP contribution in [0.3, 0.4) is 0 Å². The molecule has 1 unspecified atom stereocenters. The van der Waals surface area contributed by atoms with E-state index in [0.717, 1.165) is 12.6 Å². The quantitative estimate of drug-likeness (QED) is 0.664. The molecule has 0 aliphatic carbocycles. The van der Waals surface area contributed by atoms with Crippen LogP contribution in [0.4, 0.5) is 0 Å². The van der Waals surface area contributed by atoms with Crippen LogP contribution >= 0.6 is 0 Å². The zero-order valence-electron chi connectivity index (χ0n) is 10.8. The Balaban J connectivity index is 2.04. The summed E-state index contributed by atoms with van der Waals surface area (Å²) in [6.45, 7) is 9.36. The topological polar surface area (TPSA) is 18.5 Å². The number of hydrogen-bond acceptors (Lipinski definition) is 3. The fourth-order valence-electron chi connectivity index (χ4n) is 2.13. The number of rotatable bonds is 6. The van der Waals surface area contributed by atoms with E-state index in [0.29, 0.717) is 6.04 Å². The summed E-state index contributed by atoms with van der Waals surface area (Å²) >= 11 is 0. The number of hydrogen-bond donors (Lipinski definition) is 1. The number of nitrogens with zero attached hydrogens (tertiary/aromatic N) is 2. The van der Waals surface area contributed by atoms with Crippen LogP contribution in [0.25, 0.3) is 0 Å². The van der Waals surface area contributed by atoms with Gasteiger partial charge >= 0.3 is 0 Å². The van der Waals surface area contributed by atoms with Crippen molar-refractivity contribution >= 4 is 0 Å². The van der Waals surface area contributed by atoms with Crippen LogP contribution in [0.15, 0.2) is 0 Å². The average molecular weight is 213 g/mol. The highest BCUT2D eigenvalue weighted by Gasteiger charge is 2.22. The molecule has 3 heteroatoms. The second-order valence-electron chi connectivity index (χ2n) is 5.17. The molecule has 1 aliphatic heterocycles. The van der Waals surface area contributed by atoms with Crippen molar-refractivity contribution in [3.05, 3.63) is 0 Å². The standard InChI is InChI=1S/C12H27N3/c1-11(2)13-7-5-8-15-9-6-12(10-15)14(3)4/h11-13H,5-10H2,1-4H3. The first-order chi connectivity index (χ1) is 7.09. The van der Waals surface area contributed by atoms with Crippen LogP contribution in [0.5, 0.6) is 0 Å². The second-order valence-corrected chi connectivity index (χ2v) is 5.17. The van der Waals surface area contributed by atoms with Crippen LogP contribution < -0.4 is 5.32 Å². The second kappa shape index (κ2) is 6.46. The average Bonchev–Trinajstić information content (AvgIpc) is 2.60. The van der Waals surface area contributed by atoms with Crippen molar-refractivity contribution in [3.8, 4) is 0 Å². The molecule has 0 saturated carbocycles. The van der Waals surface area contributed by atoms with Crippen LogP contribution in [-0.4, -0.2) is 62.2 Å². The lowest BCUT2D eigenvalue weighted by Crippen LogP contribution is -2.33. The predicted octanol–water partition coefficient (Wildman–Crippen LogP) is 1.01. The van der Waals surface area contributed by atoms with Gasteiger partial charge in [-0.3, -0.25) is 0 Å². The van der Waals surface area contributed by atoms with Gasteiger partial charge in [-0.2, -0.15) is 0 Å². The van der Waals surface area contributed by atoms with E-state index in [4.69, 9.17) is 0 Å². The minimum Gasteiger partial charge on any atom is -0.314 e. The van der Waals surface area contributed by atoms with Crippen molar-refractivity contribution in [1.82, 2.24) is 15.1 Å². The highest BCUT2D eigenvalue weighted by molar-refractivity contribution is 4.80. The Hall–Kier alpha value is -0.120. The molecule has 1 heterocycles. The zero-order chi connectivity index (χ0) is 11.3. The van der Waals surface area contributed by atoms with Gasteiger partial charge in [0.15, 0.2) is 0 Å². The largest absolute Gasteiger partial charge is 0.314 e. The molecule has 3 nitrogen and oxygen atoms in total. The molecule has 1 N–H and O–H groups in total. The molecule has 1 saturated heterocycles. The van der Waals surface area contributed by atoms with E-state index < -0.39 is 0 Å². The van der Waals surface area contributed by atoms with Crippen molar-refractivity contribution in [2.75, 3.05) is 40.3 Å². The lowest BCUT2D eigenvalue weighted by atomic mass is 10.2. The Kier molecular flexibility index (Phi) is 5.58.